The van der Waals surface area contributed by atoms with Crippen molar-refractivity contribution >= 4 is 11.8 Å². The van der Waals surface area contributed by atoms with E-state index >= 15 is 0 Å². The molecule has 1 rings (SSSR count). The van der Waals surface area contributed by atoms with Gasteiger partial charge in [-0.25, -0.2) is 0 Å². The fraction of sp³-hybridized carbons (Fsp3) is 0.500. The van der Waals surface area contributed by atoms with Crippen LogP contribution in [0.15, 0.2) is 24.3 Å². The predicted octanol–water partition coefficient (Wildman–Crippen LogP) is 1.11. The number of nitrogens with one attached hydrogen (secondary N) is 2. The zero-order valence-corrected chi connectivity index (χ0v) is 12.8. The van der Waals surface area contributed by atoms with Crippen molar-refractivity contribution in [3.8, 4) is 0 Å². The van der Waals surface area contributed by atoms with Crippen molar-refractivity contribution in [2.75, 3.05) is 6.54 Å². The van der Waals surface area contributed by atoms with Crippen LogP contribution < -0.4 is 16.4 Å². The molecule has 0 spiro atoms. The van der Waals surface area contributed by atoms with Crippen molar-refractivity contribution < 1.29 is 9.59 Å². The molecule has 5 heteroatoms. The molecule has 116 valence electrons. The van der Waals surface area contributed by atoms with Crippen LogP contribution in [0.4, 0.5) is 0 Å². The standard InChI is InChI=1S/C16H25N3O2/c1-3-12(2)19-15(20)8-9-18-16(21)10-13-4-6-14(11-17)7-5-13/h4-7,12H,3,8-11,17H2,1-2H3,(H,18,21)(H,19,20). The van der Waals surface area contributed by atoms with Crippen molar-refractivity contribution in [1.29, 1.82) is 0 Å². The van der Waals surface area contributed by atoms with Gasteiger partial charge < -0.3 is 16.4 Å². The molecule has 0 saturated heterocycles. The number of amides is 2. The monoisotopic (exact) mass is 291 g/mol. The molecule has 1 atom stereocenters. The van der Waals surface area contributed by atoms with Gasteiger partial charge in [0.1, 0.15) is 0 Å². The molecular weight excluding hydrogens is 266 g/mol. The summed E-state index contributed by atoms with van der Waals surface area (Å²) in [4.78, 5) is 23.3. The third-order valence-corrected chi connectivity index (χ3v) is 3.32. The number of hydrogen-bond donors (Lipinski definition) is 3. The van der Waals surface area contributed by atoms with Crippen LogP contribution in [0.5, 0.6) is 0 Å². The van der Waals surface area contributed by atoms with Crippen LogP contribution in [-0.4, -0.2) is 24.4 Å². The Morgan fingerprint density at radius 1 is 1.14 bits per heavy atom. The van der Waals surface area contributed by atoms with Gasteiger partial charge in [0, 0.05) is 25.6 Å². The number of carbonyl (C=O) groups excluding carboxylic acids is 2. The summed E-state index contributed by atoms with van der Waals surface area (Å²) >= 11 is 0. The van der Waals surface area contributed by atoms with Gasteiger partial charge in [-0.05, 0) is 24.5 Å². The summed E-state index contributed by atoms with van der Waals surface area (Å²) < 4.78 is 0. The van der Waals surface area contributed by atoms with Crippen LogP contribution in [-0.2, 0) is 22.6 Å². The largest absolute Gasteiger partial charge is 0.355 e. The summed E-state index contributed by atoms with van der Waals surface area (Å²) in [5.41, 5.74) is 7.50. The van der Waals surface area contributed by atoms with Crippen molar-refractivity contribution in [2.24, 2.45) is 5.73 Å². The molecule has 1 unspecified atom stereocenters. The molecule has 0 radical (unpaired) electrons. The highest BCUT2D eigenvalue weighted by Crippen LogP contribution is 2.04. The number of hydrogen-bond acceptors (Lipinski definition) is 3. The molecule has 1 aromatic carbocycles. The van der Waals surface area contributed by atoms with E-state index in [1.807, 2.05) is 38.1 Å². The van der Waals surface area contributed by atoms with Crippen LogP contribution in [0, 0.1) is 0 Å². The molecule has 0 fully saturated rings. The molecule has 0 aromatic heterocycles. The van der Waals surface area contributed by atoms with E-state index in [0.717, 1.165) is 17.5 Å². The second kappa shape index (κ2) is 9.13. The average Bonchev–Trinajstić information content (AvgIpc) is 2.47. The summed E-state index contributed by atoms with van der Waals surface area (Å²) in [5, 5.41) is 5.62. The minimum Gasteiger partial charge on any atom is -0.355 e. The molecule has 2 amide bonds. The molecule has 0 aliphatic carbocycles. The van der Waals surface area contributed by atoms with Crippen LogP contribution in [0.1, 0.15) is 37.8 Å². The van der Waals surface area contributed by atoms with E-state index in [2.05, 4.69) is 10.6 Å². The highest BCUT2D eigenvalue weighted by Gasteiger charge is 2.07. The molecule has 5 nitrogen and oxygen atoms in total. The van der Waals surface area contributed by atoms with Crippen LogP contribution in [0.25, 0.3) is 0 Å². The summed E-state index contributed by atoms with van der Waals surface area (Å²) in [6.45, 7) is 4.84. The molecule has 4 N–H and O–H groups in total. The second-order valence-corrected chi connectivity index (χ2v) is 5.17. The van der Waals surface area contributed by atoms with Gasteiger partial charge in [-0.3, -0.25) is 9.59 Å². The molecule has 0 aliphatic heterocycles. The van der Waals surface area contributed by atoms with Crippen molar-refractivity contribution in [1.82, 2.24) is 10.6 Å². The summed E-state index contributed by atoms with van der Waals surface area (Å²) in [6, 6.07) is 7.81. The number of rotatable bonds is 8. The minimum atomic E-state index is -0.0770. The Bertz CT molecular complexity index is 457. The van der Waals surface area contributed by atoms with Gasteiger partial charge in [0.25, 0.3) is 0 Å². The molecule has 0 heterocycles. The lowest BCUT2D eigenvalue weighted by Crippen LogP contribution is -2.35. The fourth-order valence-electron chi connectivity index (χ4n) is 1.81. The second-order valence-electron chi connectivity index (χ2n) is 5.17. The maximum atomic E-state index is 11.8. The van der Waals surface area contributed by atoms with E-state index in [-0.39, 0.29) is 17.9 Å². The Morgan fingerprint density at radius 2 is 1.76 bits per heavy atom. The maximum Gasteiger partial charge on any atom is 0.224 e. The van der Waals surface area contributed by atoms with Crippen molar-refractivity contribution in [2.45, 2.75) is 45.7 Å². The average molecular weight is 291 g/mol. The summed E-state index contributed by atoms with van der Waals surface area (Å²) in [7, 11) is 0. The van der Waals surface area contributed by atoms with E-state index in [9.17, 15) is 9.59 Å². The predicted molar refractivity (Wildman–Crippen MR) is 83.6 cm³/mol. The van der Waals surface area contributed by atoms with Gasteiger partial charge in [0.2, 0.25) is 11.8 Å². The topological polar surface area (TPSA) is 84.2 Å². The normalized spacial score (nSPS) is 11.8. The van der Waals surface area contributed by atoms with E-state index in [0.29, 0.717) is 25.9 Å². The Balaban J connectivity index is 2.26. The third kappa shape index (κ3) is 6.90. The van der Waals surface area contributed by atoms with Gasteiger partial charge in [-0.2, -0.15) is 0 Å². The fourth-order valence-corrected chi connectivity index (χ4v) is 1.81. The maximum absolute atomic E-state index is 11.8. The number of nitrogens with two attached hydrogens (primary N) is 1. The van der Waals surface area contributed by atoms with Gasteiger partial charge >= 0.3 is 0 Å². The van der Waals surface area contributed by atoms with Crippen LogP contribution in [0.2, 0.25) is 0 Å². The Kier molecular flexibility index (Phi) is 7.46. The van der Waals surface area contributed by atoms with E-state index in [4.69, 9.17) is 5.73 Å². The quantitative estimate of drug-likeness (QED) is 0.671. The zero-order chi connectivity index (χ0) is 15.7. The van der Waals surface area contributed by atoms with E-state index in [1.54, 1.807) is 0 Å². The first-order valence-corrected chi connectivity index (χ1v) is 7.39. The Hall–Kier alpha value is -1.88. The smallest absolute Gasteiger partial charge is 0.224 e. The highest BCUT2D eigenvalue weighted by atomic mass is 16.2. The van der Waals surface area contributed by atoms with Gasteiger partial charge in [-0.15, -0.1) is 0 Å². The first-order chi connectivity index (χ1) is 10.0. The first-order valence-electron chi connectivity index (χ1n) is 7.39. The lowest BCUT2D eigenvalue weighted by molar-refractivity contribution is -0.122. The lowest BCUT2D eigenvalue weighted by atomic mass is 10.1. The zero-order valence-electron chi connectivity index (χ0n) is 12.8. The molecule has 0 bridgehead atoms. The SMILES string of the molecule is CCC(C)NC(=O)CCNC(=O)Cc1ccc(CN)cc1. The number of benzene rings is 1. The highest BCUT2D eigenvalue weighted by molar-refractivity contribution is 5.80. The third-order valence-electron chi connectivity index (χ3n) is 3.32. The van der Waals surface area contributed by atoms with Crippen molar-refractivity contribution in [3.63, 3.8) is 0 Å². The first kappa shape index (κ1) is 17.2. The van der Waals surface area contributed by atoms with Crippen LogP contribution in [0.3, 0.4) is 0 Å². The van der Waals surface area contributed by atoms with Gasteiger partial charge in [0.05, 0.1) is 6.42 Å². The molecule has 1 aromatic rings. The minimum absolute atomic E-state index is 0.0306. The Labute approximate surface area is 126 Å². The Morgan fingerprint density at radius 3 is 2.33 bits per heavy atom. The van der Waals surface area contributed by atoms with E-state index in [1.165, 1.54) is 0 Å². The molecular formula is C16H25N3O2. The van der Waals surface area contributed by atoms with Crippen LogP contribution >= 0.6 is 0 Å². The lowest BCUT2D eigenvalue weighted by Gasteiger charge is -2.11. The van der Waals surface area contributed by atoms with E-state index < -0.39 is 0 Å². The summed E-state index contributed by atoms with van der Waals surface area (Å²) in [6.07, 6.45) is 1.52. The van der Waals surface area contributed by atoms with Crippen molar-refractivity contribution in [3.05, 3.63) is 35.4 Å². The molecule has 0 aliphatic rings. The van der Waals surface area contributed by atoms with Gasteiger partial charge in [0.15, 0.2) is 0 Å². The number of carbonyl (C=O) groups is 2. The molecule has 21 heavy (non-hydrogen) atoms. The summed E-state index contributed by atoms with van der Waals surface area (Å²) in [5.74, 6) is -0.108. The van der Waals surface area contributed by atoms with Gasteiger partial charge in [-0.1, -0.05) is 31.2 Å². The molecule has 0 saturated carbocycles.